The van der Waals surface area contributed by atoms with Crippen molar-refractivity contribution in [3.63, 3.8) is 0 Å². The van der Waals surface area contributed by atoms with E-state index in [1.165, 1.54) is 11.1 Å². The van der Waals surface area contributed by atoms with E-state index in [4.69, 9.17) is 44.8 Å². The Hall–Kier alpha value is -0.731. The van der Waals surface area contributed by atoms with E-state index in [2.05, 4.69) is 69.3 Å². The molecule has 1 aromatic heterocycles. The van der Waals surface area contributed by atoms with Gasteiger partial charge in [-0.2, -0.15) is 0 Å². The molecule has 0 aliphatic heterocycles. The minimum atomic E-state index is -2.61. The third kappa shape index (κ3) is 9.18. The predicted molar refractivity (Wildman–Crippen MR) is 121 cm³/mol. The summed E-state index contributed by atoms with van der Waals surface area (Å²) < 4.78 is 6.20. The van der Waals surface area contributed by atoms with Crippen LogP contribution in [0.3, 0.4) is 0 Å². The summed E-state index contributed by atoms with van der Waals surface area (Å²) in [6.45, 7) is 6.71. The molecule has 0 N–H and O–H groups in total. The Balaban J connectivity index is 0.000000500. The van der Waals surface area contributed by atoms with Crippen LogP contribution in [0.15, 0.2) is 77.2 Å². The molecule has 0 bridgehead atoms. The summed E-state index contributed by atoms with van der Waals surface area (Å²) in [7, 11) is 17.2. The molecule has 0 aliphatic carbocycles. The molecule has 0 atom stereocenters. The normalized spacial score (nSPS) is 12.1. The number of rotatable bonds is 3. The molecule has 6 heteroatoms. The second-order valence-corrected chi connectivity index (χ2v) is 18.4. The monoisotopic (exact) mass is 499 g/mol. The zero-order valence-corrected chi connectivity index (χ0v) is 20.0. The predicted octanol–water partition coefficient (Wildman–Crippen LogP) is 9.24. The first kappa shape index (κ1) is 23.5. The average Bonchev–Trinajstić information content (AvgIpc) is 2.60. The molecule has 1 nitrogen and oxygen atoms in total. The second kappa shape index (κ2) is 10.3. The van der Waals surface area contributed by atoms with E-state index in [1.807, 2.05) is 24.3 Å². The molecule has 0 radical (unpaired) electrons. The molecule has 0 aliphatic rings. The Bertz CT molecular complexity index is 809. The zero-order chi connectivity index (χ0) is 20.8. The van der Waals surface area contributed by atoms with Crippen molar-refractivity contribution >= 4 is 40.4 Å². The van der Waals surface area contributed by atoms with Crippen LogP contribution in [-0.2, 0) is 15.6 Å². The molecule has 0 spiro atoms. The topological polar surface area (TPSA) is 11.3 Å². The van der Waals surface area contributed by atoms with Crippen LogP contribution >= 0.6 is 40.4 Å². The zero-order valence-electron chi connectivity index (χ0n) is 15.9. The fourth-order valence-corrected chi connectivity index (χ4v) is 2.71. The summed E-state index contributed by atoms with van der Waals surface area (Å²) in [6.07, 6.45) is 0.910. The van der Waals surface area contributed by atoms with Gasteiger partial charge in [-0.05, 0) is 23.1 Å². The second-order valence-electron chi connectivity index (χ2n) is 7.45. The molecule has 0 amide bonds. The van der Waals surface area contributed by atoms with E-state index in [9.17, 15) is 0 Å². The summed E-state index contributed by atoms with van der Waals surface area (Å²) in [6, 6.07) is 25.1. The van der Waals surface area contributed by atoms with Crippen LogP contribution in [0, 0.1) is 5.41 Å². The van der Waals surface area contributed by atoms with E-state index in [0.717, 1.165) is 23.5 Å². The van der Waals surface area contributed by atoms with E-state index in [-0.39, 0.29) is 5.41 Å². The van der Waals surface area contributed by atoms with Crippen LogP contribution in [0.1, 0.15) is 26.5 Å². The molecule has 28 heavy (non-hydrogen) atoms. The molecule has 0 saturated carbocycles. The fourth-order valence-electron chi connectivity index (χ4n) is 2.71. The van der Waals surface area contributed by atoms with Gasteiger partial charge in [-0.15, -0.1) is 0 Å². The number of hydrogen-bond acceptors (Lipinski definition) is 0. The van der Waals surface area contributed by atoms with Crippen LogP contribution in [0.4, 0.5) is 0 Å². The van der Waals surface area contributed by atoms with Crippen molar-refractivity contribution in [2.24, 2.45) is 5.41 Å². The van der Waals surface area contributed by atoms with Crippen molar-refractivity contribution in [2.75, 3.05) is 0 Å². The average molecular weight is 501 g/mol. The van der Waals surface area contributed by atoms with Gasteiger partial charge in [-0.3, -0.25) is 0 Å². The van der Waals surface area contributed by atoms with Crippen molar-refractivity contribution in [3.05, 3.63) is 78.6 Å². The van der Waals surface area contributed by atoms with Crippen LogP contribution in [0.2, 0.25) is 0 Å². The summed E-state index contributed by atoms with van der Waals surface area (Å²) in [5, 5.41) is 0. The van der Waals surface area contributed by atoms with Gasteiger partial charge >= 0.3 is 61.1 Å². The summed E-state index contributed by atoms with van der Waals surface area (Å²) in [4.78, 5) is 0. The van der Waals surface area contributed by atoms with Gasteiger partial charge in [-0.25, -0.2) is 4.42 Å². The van der Waals surface area contributed by atoms with Crippen molar-refractivity contribution in [1.29, 1.82) is 0 Å². The van der Waals surface area contributed by atoms with Gasteiger partial charge in [0, 0.05) is 11.6 Å². The van der Waals surface area contributed by atoms with E-state index >= 15 is 0 Å². The molecule has 0 fully saturated rings. The third-order valence-corrected chi connectivity index (χ3v) is 3.71. The van der Waals surface area contributed by atoms with Crippen LogP contribution in [-0.4, -0.2) is 0 Å². The van der Waals surface area contributed by atoms with Crippen LogP contribution in [0.5, 0.6) is 0 Å². The standard InChI is InChI=1S/C22H23O.4ClH.Fe/c1-22(2,3)16-20-14-19(17-10-6-4-7-11-17)15-21(23-20)18-12-8-5-9-13-18;;;;;/h4-15H,16H2,1-3H3;4*1H;/q+1;;;;;+3/p-4. The maximum absolute atomic E-state index is 6.20. The van der Waals surface area contributed by atoms with Gasteiger partial charge in [-0.1, -0.05) is 69.3 Å². The van der Waals surface area contributed by atoms with E-state index < -0.39 is 9.20 Å². The van der Waals surface area contributed by atoms with Crippen molar-refractivity contribution in [3.8, 4) is 22.5 Å². The molecular formula is C22H23Cl4FeO. The van der Waals surface area contributed by atoms with Gasteiger partial charge in [0.1, 0.15) is 0 Å². The fraction of sp³-hybridized carbons (Fsp3) is 0.227. The number of hydrogen-bond donors (Lipinski definition) is 0. The van der Waals surface area contributed by atoms with Gasteiger partial charge in [0.15, 0.2) is 0 Å². The summed E-state index contributed by atoms with van der Waals surface area (Å²) >= 11 is 0. The Kier molecular flexibility index (Phi) is 8.70. The molecule has 0 unspecified atom stereocenters. The Labute approximate surface area is 186 Å². The molecule has 2 aromatic carbocycles. The Morgan fingerprint density at radius 3 is 1.64 bits per heavy atom. The number of benzene rings is 2. The first-order chi connectivity index (χ1) is 13.0. The van der Waals surface area contributed by atoms with Gasteiger partial charge < -0.3 is 0 Å². The Morgan fingerprint density at radius 1 is 0.714 bits per heavy atom. The summed E-state index contributed by atoms with van der Waals surface area (Å²) in [5.41, 5.74) is 3.72. The SMILES string of the molecule is CC(C)(C)Cc1cc(-c2ccccc2)cc(-c2ccccc2)[o+]1.[Cl][Fe-]([Cl])([Cl])[Cl]. The van der Waals surface area contributed by atoms with Gasteiger partial charge in [0.25, 0.3) is 0 Å². The molecular weight excluding hydrogens is 478 g/mol. The number of halogens is 4. The van der Waals surface area contributed by atoms with Gasteiger partial charge in [0.05, 0.1) is 18.1 Å². The Morgan fingerprint density at radius 2 is 1.18 bits per heavy atom. The molecule has 3 rings (SSSR count). The first-order valence-corrected chi connectivity index (χ1v) is 14.7. The minimum absolute atomic E-state index is 0.187. The summed E-state index contributed by atoms with van der Waals surface area (Å²) in [5.74, 6) is 1.95. The van der Waals surface area contributed by atoms with E-state index in [1.54, 1.807) is 0 Å². The van der Waals surface area contributed by atoms with E-state index in [0.29, 0.717) is 0 Å². The molecule has 153 valence electrons. The van der Waals surface area contributed by atoms with Gasteiger partial charge in [0.2, 0.25) is 0 Å². The molecule has 0 saturated heterocycles. The van der Waals surface area contributed by atoms with Crippen LogP contribution < -0.4 is 0 Å². The van der Waals surface area contributed by atoms with Crippen molar-refractivity contribution in [2.45, 2.75) is 27.2 Å². The van der Waals surface area contributed by atoms with Crippen molar-refractivity contribution in [1.82, 2.24) is 0 Å². The molecule has 3 aromatic rings. The molecule has 1 heterocycles. The third-order valence-electron chi connectivity index (χ3n) is 3.71. The first-order valence-electron chi connectivity index (χ1n) is 8.63. The maximum atomic E-state index is 6.20. The van der Waals surface area contributed by atoms with Crippen molar-refractivity contribution < 1.29 is 13.6 Å². The quantitative estimate of drug-likeness (QED) is 0.257. The van der Waals surface area contributed by atoms with Crippen LogP contribution in [0.25, 0.3) is 22.5 Å².